The van der Waals surface area contributed by atoms with Crippen molar-refractivity contribution in [1.82, 2.24) is 20.5 Å². The summed E-state index contributed by atoms with van der Waals surface area (Å²) in [5.74, 6) is -0.417. The van der Waals surface area contributed by atoms with E-state index in [1.807, 2.05) is 13.0 Å². The van der Waals surface area contributed by atoms with Crippen molar-refractivity contribution in [3.63, 3.8) is 0 Å². The number of alkyl halides is 3. The van der Waals surface area contributed by atoms with Crippen molar-refractivity contribution in [3.8, 4) is 11.3 Å². The van der Waals surface area contributed by atoms with E-state index in [2.05, 4.69) is 25.8 Å². The normalized spacial score (nSPS) is 12.5. The maximum absolute atomic E-state index is 12.8. The first-order valence-corrected chi connectivity index (χ1v) is 9.97. The molecule has 176 valence electrons. The molecule has 9 nitrogen and oxygen atoms in total. The lowest BCUT2D eigenvalue weighted by atomic mass is 10.0. The molecule has 34 heavy (non-hydrogen) atoms. The van der Waals surface area contributed by atoms with Crippen LogP contribution in [0.5, 0.6) is 0 Å². The number of hydrogen-bond donors (Lipinski definition) is 4. The fourth-order valence-corrected chi connectivity index (χ4v) is 3.37. The summed E-state index contributed by atoms with van der Waals surface area (Å²) in [6.07, 6.45) is -4.75. The van der Waals surface area contributed by atoms with Gasteiger partial charge in [0.1, 0.15) is 6.04 Å². The zero-order chi connectivity index (χ0) is 24.5. The van der Waals surface area contributed by atoms with Crippen molar-refractivity contribution in [2.75, 3.05) is 5.32 Å². The highest BCUT2D eigenvalue weighted by atomic mass is 19.4. The number of carbonyl (C=O) groups is 2. The van der Waals surface area contributed by atoms with Gasteiger partial charge in [0, 0.05) is 23.1 Å². The Morgan fingerprint density at radius 2 is 1.91 bits per heavy atom. The van der Waals surface area contributed by atoms with E-state index in [0.29, 0.717) is 16.9 Å². The third-order valence-electron chi connectivity index (χ3n) is 5.10. The van der Waals surface area contributed by atoms with Gasteiger partial charge in [-0.3, -0.25) is 15.2 Å². The van der Waals surface area contributed by atoms with E-state index >= 15 is 0 Å². The average molecular weight is 473 g/mol. The van der Waals surface area contributed by atoms with Crippen LogP contribution in [0, 0.1) is 6.92 Å². The summed E-state index contributed by atoms with van der Waals surface area (Å²) >= 11 is 0. The SMILES string of the molecule is Cc1[nH]nc2ccc(-c3cnc(NC(=O)[C@H](Cc4ccc(C(F)(F)F)cc4)NC(=O)O)o3)cc12. The minimum Gasteiger partial charge on any atom is -0.465 e. The Kier molecular flexibility index (Phi) is 5.97. The highest BCUT2D eigenvalue weighted by Gasteiger charge is 2.30. The Balaban J connectivity index is 1.49. The maximum Gasteiger partial charge on any atom is 0.416 e. The zero-order valence-electron chi connectivity index (χ0n) is 17.6. The average Bonchev–Trinajstić information content (AvgIpc) is 3.39. The molecule has 2 aromatic carbocycles. The van der Waals surface area contributed by atoms with Crippen LogP contribution in [0.1, 0.15) is 16.8 Å². The first-order chi connectivity index (χ1) is 16.1. The van der Waals surface area contributed by atoms with E-state index in [1.165, 1.54) is 18.3 Å². The number of nitrogens with zero attached hydrogens (tertiary/aromatic N) is 2. The van der Waals surface area contributed by atoms with E-state index in [-0.39, 0.29) is 12.4 Å². The van der Waals surface area contributed by atoms with Crippen molar-refractivity contribution in [2.45, 2.75) is 25.6 Å². The molecule has 0 aliphatic heterocycles. The molecule has 4 aromatic rings. The second-order valence-corrected chi connectivity index (χ2v) is 7.50. The number of benzene rings is 2. The van der Waals surface area contributed by atoms with Gasteiger partial charge in [-0.05, 0) is 42.8 Å². The molecule has 2 heterocycles. The number of fused-ring (bicyclic) bond motifs is 1. The number of aryl methyl sites for hydroxylation is 1. The lowest BCUT2D eigenvalue weighted by Gasteiger charge is -2.16. The highest BCUT2D eigenvalue weighted by Crippen LogP contribution is 2.29. The topological polar surface area (TPSA) is 133 Å². The molecule has 2 aromatic heterocycles. The molecule has 0 aliphatic rings. The lowest BCUT2D eigenvalue weighted by molar-refractivity contribution is -0.137. The predicted octanol–water partition coefficient (Wildman–Crippen LogP) is 4.36. The summed E-state index contributed by atoms with van der Waals surface area (Å²) in [5, 5.41) is 21.5. The number of hydrogen-bond acceptors (Lipinski definition) is 5. The Hall–Kier alpha value is -4.35. The van der Waals surface area contributed by atoms with Crippen LogP contribution in [0.15, 0.2) is 53.1 Å². The maximum atomic E-state index is 12.8. The molecule has 0 bridgehead atoms. The summed E-state index contributed by atoms with van der Waals surface area (Å²) in [5.41, 5.74) is 1.82. The Bertz CT molecular complexity index is 1340. The zero-order valence-corrected chi connectivity index (χ0v) is 17.6. The Labute approximate surface area is 190 Å². The summed E-state index contributed by atoms with van der Waals surface area (Å²) in [6, 6.07) is 8.06. The number of halogens is 3. The number of aromatic nitrogens is 3. The van der Waals surface area contributed by atoms with E-state index < -0.39 is 29.8 Å². The molecule has 0 radical (unpaired) electrons. The largest absolute Gasteiger partial charge is 0.465 e. The number of amides is 2. The number of aromatic amines is 1. The lowest BCUT2D eigenvalue weighted by Crippen LogP contribution is -2.44. The van der Waals surface area contributed by atoms with E-state index in [1.54, 1.807) is 12.1 Å². The van der Waals surface area contributed by atoms with Crippen LogP contribution >= 0.6 is 0 Å². The number of carbonyl (C=O) groups excluding carboxylic acids is 1. The van der Waals surface area contributed by atoms with E-state index in [0.717, 1.165) is 28.7 Å². The molecule has 0 unspecified atom stereocenters. The van der Waals surface area contributed by atoms with Crippen molar-refractivity contribution >= 4 is 28.9 Å². The van der Waals surface area contributed by atoms with Crippen LogP contribution in [-0.4, -0.2) is 38.3 Å². The molecular weight excluding hydrogens is 455 g/mol. The number of carboxylic acid groups (broad SMARTS) is 1. The summed E-state index contributed by atoms with van der Waals surface area (Å²) < 4.78 is 43.8. The molecular formula is C22H18F3N5O4. The fraction of sp³-hybridized carbons (Fsp3) is 0.182. The number of H-pyrrole nitrogens is 1. The first kappa shape index (κ1) is 22.8. The van der Waals surface area contributed by atoms with Crippen LogP contribution in [0.3, 0.4) is 0 Å². The minimum absolute atomic E-state index is 0.159. The first-order valence-electron chi connectivity index (χ1n) is 9.97. The molecule has 0 saturated carbocycles. The van der Waals surface area contributed by atoms with Crippen molar-refractivity contribution in [2.24, 2.45) is 0 Å². The van der Waals surface area contributed by atoms with Crippen LogP contribution in [0.4, 0.5) is 24.0 Å². The van der Waals surface area contributed by atoms with Gasteiger partial charge in [-0.2, -0.15) is 18.3 Å². The Morgan fingerprint density at radius 3 is 2.59 bits per heavy atom. The van der Waals surface area contributed by atoms with E-state index in [9.17, 15) is 22.8 Å². The van der Waals surface area contributed by atoms with Crippen molar-refractivity contribution < 1.29 is 32.3 Å². The molecule has 2 amide bonds. The second-order valence-electron chi connectivity index (χ2n) is 7.50. The van der Waals surface area contributed by atoms with Gasteiger partial charge in [0.25, 0.3) is 5.91 Å². The Morgan fingerprint density at radius 1 is 1.18 bits per heavy atom. The van der Waals surface area contributed by atoms with Crippen molar-refractivity contribution in [3.05, 3.63) is 65.5 Å². The monoisotopic (exact) mass is 473 g/mol. The number of rotatable bonds is 6. The molecule has 0 fully saturated rings. The van der Waals surface area contributed by atoms with Gasteiger partial charge in [0.15, 0.2) is 5.76 Å². The third-order valence-corrected chi connectivity index (χ3v) is 5.10. The van der Waals surface area contributed by atoms with Gasteiger partial charge in [0.2, 0.25) is 0 Å². The molecule has 0 spiro atoms. The minimum atomic E-state index is -4.50. The van der Waals surface area contributed by atoms with Crippen molar-refractivity contribution in [1.29, 1.82) is 0 Å². The number of anilines is 1. The molecule has 1 atom stereocenters. The number of oxazole rings is 1. The van der Waals surface area contributed by atoms with Crippen LogP contribution < -0.4 is 10.6 Å². The predicted molar refractivity (Wildman–Crippen MR) is 115 cm³/mol. The standard InChI is InChI=1S/C22H18F3N5O4/c1-11-15-9-13(4-7-16(15)30-29-11)18-10-26-20(34-18)28-19(31)17(27-21(32)33)8-12-2-5-14(6-3-12)22(23,24)25/h2-7,9-10,17,27H,8H2,1H3,(H,29,30)(H,32,33)(H,26,28,31)/t17-/m0/s1. The van der Waals surface area contributed by atoms with Gasteiger partial charge in [-0.1, -0.05) is 12.1 Å². The molecule has 0 saturated heterocycles. The van der Waals surface area contributed by atoms with Crippen LogP contribution in [0.2, 0.25) is 0 Å². The molecule has 4 N–H and O–H groups in total. The molecule has 4 rings (SSSR count). The van der Waals surface area contributed by atoms with Gasteiger partial charge in [-0.25, -0.2) is 9.78 Å². The summed E-state index contributed by atoms with van der Waals surface area (Å²) in [6.45, 7) is 1.87. The van der Waals surface area contributed by atoms with Gasteiger partial charge in [0.05, 0.1) is 17.3 Å². The summed E-state index contributed by atoms with van der Waals surface area (Å²) in [7, 11) is 0. The second kappa shape index (κ2) is 8.89. The van der Waals surface area contributed by atoms with Gasteiger partial charge in [-0.15, -0.1) is 0 Å². The smallest absolute Gasteiger partial charge is 0.416 e. The van der Waals surface area contributed by atoms with Gasteiger partial charge >= 0.3 is 18.3 Å². The third kappa shape index (κ3) is 5.00. The van der Waals surface area contributed by atoms with Crippen LogP contribution in [-0.2, 0) is 17.4 Å². The van der Waals surface area contributed by atoms with Crippen LogP contribution in [0.25, 0.3) is 22.2 Å². The highest BCUT2D eigenvalue weighted by molar-refractivity contribution is 5.95. The van der Waals surface area contributed by atoms with E-state index in [4.69, 9.17) is 9.52 Å². The van der Waals surface area contributed by atoms with Gasteiger partial charge < -0.3 is 14.8 Å². The fourth-order valence-electron chi connectivity index (χ4n) is 3.37. The number of nitrogens with one attached hydrogen (secondary N) is 3. The molecule has 12 heteroatoms. The summed E-state index contributed by atoms with van der Waals surface area (Å²) in [4.78, 5) is 27.8. The quantitative estimate of drug-likeness (QED) is 0.329. The molecule has 0 aliphatic carbocycles.